The van der Waals surface area contributed by atoms with Gasteiger partial charge in [-0.25, -0.2) is 4.79 Å². The second-order valence-corrected chi connectivity index (χ2v) is 2.76. The van der Waals surface area contributed by atoms with Crippen molar-refractivity contribution in [2.45, 2.75) is 26.8 Å². The molecule has 0 aromatic carbocycles. The summed E-state index contributed by atoms with van der Waals surface area (Å²) < 4.78 is 0. The summed E-state index contributed by atoms with van der Waals surface area (Å²) in [7, 11) is 0. The normalized spacial score (nSPS) is 12.7. The average molecular weight is 159 g/mol. The lowest BCUT2D eigenvalue weighted by molar-refractivity contribution is -0.142. The Hall–Kier alpha value is -1.06. The van der Waals surface area contributed by atoms with Crippen molar-refractivity contribution in [3.05, 3.63) is 0 Å². The van der Waals surface area contributed by atoms with Crippen molar-refractivity contribution < 1.29 is 14.7 Å². The zero-order chi connectivity index (χ0) is 9.02. The maximum Gasteiger partial charge on any atom is 0.326 e. The van der Waals surface area contributed by atoms with Crippen molar-refractivity contribution >= 4 is 11.9 Å². The number of amides is 1. The first-order chi connectivity index (χ1) is 4.95. The molecule has 0 aliphatic rings. The van der Waals surface area contributed by atoms with Gasteiger partial charge in [-0.05, 0) is 5.92 Å². The summed E-state index contributed by atoms with van der Waals surface area (Å²) >= 11 is 0. The first-order valence-corrected chi connectivity index (χ1v) is 3.45. The SMILES string of the molecule is CC(=O)N[C@@H](C(=O)O)C(C)C. The largest absolute Gasteiger partial charge is 0.480 e. The van der Waals surface area contributed by atoms with Gasteiger partial charge >= 0.3 is 5.97 Å². The Morgan fingerprint density at radius 3 is 1.91 bits per heavy atom. The van der Waals surface area contributed by atoms with E-state index >= 15 is 0 Å². The Kier molecular flexibility index (Phi) is 3.57. The second-order valence-electron chi connectivity index (χ2n) is 2.76. The highest BCUT2D eigenvalue weighted by Crippen LogP contribution is 2.00. The highest BCUT2D eigenvalue weighted by molar-refractivity contribution is 5.82. The number of aliphatic carboxylic acids is 1. The van der Waals surface area contributed by atoms with Crippen LogP contribution in [0.2, 0.25) is 0 Å². The van der Waals surface area contributed by atoms with Crippen LogP contribution in [-0.4, -0.2) is 23.0 Å². The van der Waals surface area contributed by atoms with E-state index in [9.17, 15) is 9.59 Å². The Balaban J connectivity index is 4.12. The molecular formula is C7H13NO3. The van der Waals surface area contributed by atoms with Gasteiger partial charge in [-0.2, -0.15) is 0 Å². The molecule has 0 aromatic rings. The quantitative estimate of drug-likeness (QED) is 0.619. The van der Waals surface area contributed by atoms with Crippen molar-refractivity contribution in [3.63, 3.8) is 0 Å². The van der Waals surface area contributed by atoms with E-state index in [-0.39, 0.29) is 11.8 Å². The molecule has 4 nitrogen and oxygen atoms in total. The van der Waals surface area contributed by atoms with Gasteiger partial charge in [-0.1, -0.05) is 13.8 Å². The van der Waals surface area contributed by atoms with Gasteiger partial charge in [0.2, 0.25) is 5.91 Å². The summed E-state index contributed by atoms with van der Waals surface area (Å²) in [6.45, 7) is 4.79. The van der Waals surface area contributed by atoms with Crippen LogP contribution in [0.4, 0.5) is 0 Å². The third kappa shape index (κ3) is 3.60. The van der Waals surface area contributed by atoms with E-state index in [1.807, 2.05) is 0 Å². The maximum absolute atomic E-state index is 10.5. The lowest BCUT2D eigenvalue weighted by atomic mass is 10.1. The molecule has 4 heteroatoms. The summed E-state index contributed by atoms with van der Waals surface area (Å²) in [5.41, 5.74) is 0. The molecule has 0 saturated carbocycles. The van der Waals surface area contributed by atoms with Gasteiger partial charge in [0.25, 0.3) is 0 Å². The first-order valence-electron chi connectivity index (χ1n) is 3.45. The van der Waals surface area contributed by atoms with Gasteiger partial charge in [-0.15, -0.1) is 0 Å². The fourth-order valence-electron chi connectivity index (χ4n) is 0.733. The summed E-state index contributed by atoms with van der Waals surface area (Å²) in [4.78, 5) is 21.0. The lowest BCUT2D eigenvalue weighted by Crippen LogP contribution is -2.43. The monoisotopic (exact) mass is 159 g/mol. The molecule has 1 atom stereocenters. The van der Waals surface area contributed by atoms with Crippen molar-refractivity contribution in [2.24, 2.45) is 5.92 Å². The molecule has 0 aliphatic heterocycles. The molecule has 0 fully saturated rings. The third-order valence-electron chi connectivity index (χ3n) is 1.29. The van der Waals surface area contributed by atoms with Crippen molar-refractivity contribution in [1.82, 2.24) is 5.32 Å². The smallest absolute Gasteiger partial charge is 0.326 e. The van der Waals surface area contributed by atoms with Crippen molar-refractivity contribution in [3.8, 4) is 0 Å². The molecule has 11 heavy (non-hydrogen) atoms. The number of hydrogen-bond donors (Lipinski definition) is 2. The molecular weight excluding hydrogens is 146 g/mol. The molecule has 0 saturated heterocycles. The average Bonchev–Trinajstić information content (AvgIpc) is 1.81. The fraction of sp³-hybridized carbons (Fsp3) is 0.714. The van der Waals surface area contributed by atoms with Gasteiger partial charge in [0.15, 0.2) is 0 Å². The zero-order valence-corrected chi connectivity index (χ0v) is 6.92. The van der Waals surface area contributed by atoms with Crippen LogP contribution < -0.4 is 5.32 Å². The molecule has 0 aromatic heterocycles. The third-order valence-corrected chi connectivity index (χ3v) is 1.29. The van der Waals surface area contributed by atoms with E-state index < -0.39 is 12.0 Å². The molecule has 0 aliphatic carbocycles. The summed E-state index contributed by atoms with van der Waals surface area (Å²) in [6.07, 6.45) is 0. The Morgan fingerprint density at radius 1 is 1.36 bits per heavy atom. The summed E-state index contributed by atoms with van der Waals surface area (Å²) in [5, 5.41) is 10.9. The van der Waals surface area contributed by atoms with E-state index in [2.05, 4.69) is 5.32 Å². The van der Waals surface area contributed by atoms with Crippen LogP contribution in [0.3, 0.4) is 0 Å². The summed E-state index contributed by atoms with van der Waals surface area (Å²) in [5.74, 6) is -1.39. The Bertz CT molecular complexity index is 165. The molecule has 0 spiro atoms. The van der Waals surface area contributed by atoms with Crippen molar-refractivity contribution in [1.29, 1.82) is 0 Å². The van der Waals surface area contributed by atoms with Crippen molar-refractivity contribution in [2.75, 3.05) is 0 Å². The molecule has 0 unspecified atom stereocenters. The molecule has 0 rings (SSSR count). The van der Waals surface area contributed by atoms with Gasteiger partial charge in [0.05, 0.1) is 0 Å². The minimum absolute atomic E-state index is 0.0867. The topological polar surface area (TPSA) is 66.4 Å². The standard InChI is InChI=1S/C7H13NO3/c1-4(2)6(7(10)11)8-5(3)9/h4,6H,1-3H3,(H,8,9)(H,10,11)/t6-/m1/s1. The highest BCUT2D eigenvalue weighted by Gasteiger charge is 2.21. The number of nitrogens with one attached hydrogen (secondary N) is 1. The Labute approximate surface area is 65.6 Å². The highest BCUT2D eigenvalue weighted by atomic mass is 16.4. The van der Waals surface area contributed by atoms with Gasteiger partial charge < -0.3 is 10.4 Å². The summed E-state index contributed by atoms with van der Waals surface area (Å²) in [6, 6.07) is -0.771. The molecule has 2 N–H and O–H groups in total. The molecule has 0 bridgehead atoms. The number of carboxylic acids is 1. The van der Waals surface area contributed by atoms with Crippen LogP contribution >= 0.6 is 0 Å². The van der Waals surface area contributed by atoms with Crippen LogP contribution in [0.5, 0.6) is 0 Å². The first kappa shape index (κ1) is 9.94. The predicted molar refractivity (Wildman–Crippen MR) is 40.1 cm³/mol. The number of carbonyl (C=O) groups excluding carboxylic acids is 1. The number of carbonyl (C=O) groups is 2. The zero-order valence-electron chi connectivity index (χ0n) is 6.92. The maximum atomic E-state index is 10.5. The number of hydrogen-bond acceptors (Lipinski definition) is 2. The molecule has 0 radical (unpaired) electrons. The molecule has 0 heterocycles. The van der Waals surface area contributed by atoms with Gasteiger partial charge in [-0.3, -0.25) is 4.79 Å². The second kappa shape index (κ2) is 3.95. The lowest BCUT2D eigenvalue weighted by Gasteiger charge is -2.16. The van der Waals surface area contributed by atoms with Crippen LogP contribution in [-0.2, 0) is 9.59 Å². The van der Waals surface area contributed by atoms with E-state index in [0.29, 0.717) is 0 Å². The van der Waals surface area contributed by atoms with Crippen LogP contribution in [0.15, 0.2) is 0 Å². The van der Waals surface area contributed by atoms with E-state index in [1.165, 1.54) is 6.92 Å². The van der Waals surface area contributed by atoms with E-state index in [1.54, 1.807) is 13.8 Å². The minimum atomic E-state index is -0.991. The fourth-order valence-corrected chi connectivity index (χ4v) is 0.733. The van der Waals surface area contributed by atoms with Gasteiger partial charge in [0.1, 0.15) is 6.04 Å². The van der Waals surface area contributed by atoms with E-state index in [0.717, 1.165) is 0 Å². The predicted octanol–water partition coefficient (Wildman–Crippen LogP) is 0.232. The molecule has 1 amide bonds. The van der Waals surface area contributed by atoms with Gasteiger partial charge in [0, 0.05) is 6.92 Å². The Morgan fingerprint density at radius 2 is 1.82 bits per heavy atom. The van der Waals surface area contributed by atoms with Crippen LogP contribution in [0, 0.1) is 5.92 Å². The number of rotatable bonds is 3. The minimum Gasteiger partial charge on any atom is -0.480 e. The molecule has 64 valence electrons. The van der Waals surface area contributed by atoms with Crippen LogP contribution in [0.1, 0.15) is 20.8 Å². The number of carboxylic acid groups (broad SMARTS) is 1. The van der Waals surface area contributed by atoms with Crippen LogP contribution in [0.25, 0.3) is 0 Å². The van der Waals surface area contributed by atoms with E-state index in [4.69, 9.17) is 5.11 Å².